The lowest BCUT2D eigenvalue weighted by Crippen LogP contribution is -2.13. The first-order valence-corrected chi connectivity index (χ1v) is 6.74. The summed E-state index contributed by atoms with van der Waals surface area (Å²) in [5.41, 5.74) is 2.81. The lowest BCUT2D eigenvalue weighted by molar-refractivity contribution is 1.04. The van der Waals surface area contributed by atoms with Gasteiger partial charge in [-0.25, -0.2) is 4.79 Å². The molecular weight excluding hydrogens is 300 g/mol. The molecule has 0 atom stereocenters. The molecule has 0 bridgehead atoms. The molecular formula is C12H9BrN2OS. The maximum absolute atomic E-state index is 12.0. The van der Waals surface area contributed by atoms with Crippen LogP contribution in [0, 0.1) is 6.92 Å². The Morgan fingerprint density at radius 2 is 2.12 bits per heavy atom. The second kappa shape index (κ2) is 3.85. The molecule has 0 aliphatic rings. The maximum atomic E-state index is 12.0. The van der Waals surface area contributed by atoms with Gasteiger partial charge in [-0.1, -0.05) is 12.1 Å². The van der Waals surface area contributed by atoms with Crippen LogP contribution in [-0.2, 0) is 0 Å². The number of hydrogen-bond donors (Lipinski definition) is 1. The van der Waals surface area contributed by atoms with Crippen LogP contribution in [0.5, 0.6) is 0 Å². The summed E-state index contributed by atoms with van der Waals surface area (Å²) in [7, 11) is 0. The van der Waals surface area contributed by atoms with Gasteiger partial charge in [-0.2, -0.15) is 0 Å². The number of aromatic nitrogens is 2. The molecule has 0 aliphatic heterocycles. The molecule has 3 rings (SSSR count). The third-order valence-electron chi connectivity index (χ3n) is 2.71. The minimum absolute atomic E-state index is 0.0938. The molecule has 0 amide bonds. The summed E-state index contributed by atoms with van der Waals surface area (Å²) in [5, 5.41) is 0.915. The van der Waals surface area contributed by atoms with Crippen LogP contribution in [0.4, 0.5) is 0 Å². The fourth-order valence-electron chi connectivity index (χ4n) is 1.92. The highest BCUT2D eigenvalue weighted by molar-refractivity contribution is 9.11. The monoisotopic (exact) mass is 308 g/mol. The number of rotatable bonds is 1. The molecule has 2 aromatic heterocycles. The first-order chi connectivity index (χ1) is 8.16. The van der Waals surface area contributed by atoms with Crippen LogP contribution in [0.3, 0.4) is 0 Å². The molecule has 0 unspecified atom stereocenters. The molecule has 5 heteroatoms. The molecule has 0 spiro atoms. The van der Waals surface area contributed by atoms with Crippen LogP contribution >= 0.6 is 27.3 Å². The molecule has 1 aromatic carbocycles. The van der Waals surface area contributed by atoms with Crippen molar-refractivity contribution in [2.24, 2.45) is 0 Å². The molecule has 86 valence electrons. The molecule has 3 aromatic rings. The molecule has 0 radical (unpaired) electrons. The van der Waals surface area contributed by atoms with Crippen molar-refractivity contribution in [1.82, 2.24) is 9.55 Å². The summed E-state index contributed by atoms with van der Waals surface area (Å²) in [6.45, 7) is 1.99. The van der Waals surface area contributed by atoms with E-state index < -0.39 is 0 Å². The number of halogens is 1. The average molecular weight is 309 g/mol. The van der Waals surface area contributed by atoms with Gasteiger partial charge in [-0.15, -0.1) is 11.3 Å². The second-order valence-electron chi connectivity index (χ2n) is 3.81. The number of fused-ring (bicyclic) bond motifs is 1. The molecule has 0 saturated carbocycles. The standard InChI is InChI=1S/C12H9BrN2OS/c1-7-3-2-4-8-11(7)14-12(16)15(8)10-6-5-9(13)17-10/h2-6H,1H3,(H,14,16). The van der Waals surface area contributed by atoms with E-state index in [1.54, 1.807) is 4.57 Å². The lowest BCUT2D eigenvalue weighted by Gasteiger charge is -1.99. The molecule has 17 heavy (non-hydrogen) atoms. The Morgan fingerprint density at radius 1 is 1.29 bits per heavy atom. The van der Waals surface area contributed by atoms with Gasteiger partial charge in [0.25, 0.3) is 0 Å². The predicted molar refractivity (Wildman–Crippen MR) is 74.2 cm³/mol. The predicted octanol–water partition coefficient (Wildman–Crippen LogP) is 3.45. The molecule has 3 nitrogen and oxygen atoms in total. The van der Waals surface area contributed by atoms with E-state index in [1.807, 2.05) is 37.3 Å². The Kier molecular flexibility index (Phi) is 2.45. The van der Waals surface area contributed by atoms with Gasteiger partial charge in [0, 0.05) is 0 Å². The maximum Gasteiger partial charge on any atom is 0.331 e. The Balaban J connectivity index is 2.40. The first-order valence-electron chi connectivity index (χ1n) is 5.13. The third kappa shape index (κ3) is 1.66. The summed E-state index contributed by atoms with van der Waals surface area (Å²) in [5.74, 6) is 0. The van der Waals surface area contributed by atoms with Crippen LogP contribution in [-0.4, -0.2) is 9.55 Å². The van der Waals surface area contributed by atoms with Gasteiger partial charge in [0.1, 0.15) is 5.00 Å². The summed E-state index contributed by atoms with van der Waals surface area (Å²) >= 11 is 4.95. The molecule has 0 aliphatic carbocycles. The van der Waals surface area contributed by atoms with E-state index in [-0.39, 0.29) is 5.69 Å². The zero-order valence-electron chi connectivity index (χ0n) is 9.03. The Bertz CT molecular complexity index is 753. The number of para-hydroxylation sites is 1. The number of nitrogens with one attached hydrogen (secondary N) is 1. The van der Waals surface area contributed by atoms with E-state index in [0.29, 0.717) is 0 Å². The topological polar surface area (TPSA) is 37.8 Å². The van der Waals surface area contributed by atoms with Crippen molar-refractivity contribution >= 4 is 38.3 Å². The largest absolute Gasteiger partial charge is 0.331 e. The van der Waals surface area contributed by atoms with E-state index in [0.717, 1.165) is 25.4 Å². The fourth-order valence-corrected chi connectivity index (χ4v) is 3.29. The molecule has 2 heterocycles. The highest BCUT2D eigenvalue weighted by Crippen LogP contribution is 2.27. The smallest absolute Gasteiger partial charge is 0.305 e. The van der Waals surface area contributed by atoms with Crippen LogP contribution in [0.15, 0.2) is 38.9 Å². The number of imidazole rings is 1. The van der Waals surface area contributed by atoms with Gasteiger partial charge >= 0.3 is 5.69 Å². The number of benzene rings is 1. The van der Waals surface area contributed by atoms with Gasteiger partial charge in [-0.05, 0) is 46.6 Å². The van der Waals surface area contributed by atoms with Crippen molar-refractivity contribution in [3.8, 4) is 5.00 Å². The highest BCUT2D eigenvalue weighted by atomic mass is 79.9. The van der Waals surface area contributed by atoms with E-state index in [1.165, 1.54) is 11.3 Å². The van der Waals surface area contributed by atoms with Crippen molar-refractivity contribution < 1.29 is 0 Å². The SMILES string of the molecule is Cc1cccc2c1[nH]c(=O)n2-c1ccc(Br)s1. The summed E-state index contributed by atoms with van der Waals surface area (Å²) in [4.78, 5) is 14.9. The minimum Gasteiger partial charge on any atom is -0.305 e. The zero-order valence-corrected chi connectivity index (χ0v) is 11.4. The van der Waals surface area contributed by atoms with Gasteiger partial charge in [-0.3, -0.25) is 4.57 Å². The van der Waals surface area contributed by atoms with Gasteiger partial charge < -0.3 is 4.98 Å². The van der Waals surface area contributed by atoms with Gasteiger partial charge in [0.15, 0.2) is 0 Å². The quantitative estimate of drug-likeness (QED) is 0.734. The molecule has 0 saturated heterocycles. The van der Waals surface area contributed by atoms with Crippen molar-refractivity contribution in [2.75, 3.05) is 0 Å². The van der Waals surface area contributed by atoms with E-state index >= 15 is 0 Å². The van der Waals surface area contributed by atoms with Crippen molar-refractivity contribution in [2.45, 2.75) is 6.92 Å². The Labute approximate surface area is 110 Å². The number of thiophene rings is 1. The lowest BCUT2D eigenvalue weighted by atomic mass is 10.2. The number of aryl methyl sites for hydroxylation is 1. The Hall–Kier alpha value is -1.33. The van der Waals surface area contributed by atoms with Gasteiger partial charge in [0.05, 0.1) is 14.8 Å². The summed E-state index contributed by atoms with van der Waals surface area (Å²) < 4.78 is 2.72. The number of aromatic amines is 1. The second-order valence-corrected chi connectivity index (χ2v) is 6.25. The van der Waals surface area contributed by atoms with Crippen LogP contribution < -0.4 is 5.69 Å². The van der Waals surface area contributed by atoms with Crippen LogP contribution in [0.2, 0.25) is 0 Å². The number of H-pyrrole nitrogens is 1. The van der Waals surface area contributed by atoms with Crippen molar-refractivity contribution in [3.63, 3.8) is 0 Å². The van der Waals surface area contributed by atoms with E-state index in [4.69, 9.17) is 0 Å². The van der Waals surface area contributed by atoms with Crippen molar-refractivity contribution in [3.05, 3.63) is 50.2 Å². The Morgan fingerprint density at radius 3 is 2.82 bits per heavy atom. The summed E-state index contributed by atoms with van der Waals surface area (Å²) in [6.07, 6.45) is 0. The minimum atomic E-state index is -0.0938. The highest BCUT2D eigenvalue weighted by Gasteiger charge is 2.11. The van der Waals surface area contributed by atoms with Crippen LogP contribution in [0.25, 0.3) is 16.0 Å². The zero-order chi connectivity index (χ0) is 12.0. The first kappa shape index (κ1) is 10.8. The fraction of sp³-hybridized carbons (Fsp3) is 0.0833. The van der Waals surface area contributed by atoms with Crippen molar-refractivity contribution in [1.29, 1.82) is 0 Å². The third-order valence-corrected chi connectivity index (χ3v) is 4.31. The number of hydrogen-bond acceptors (Lipinski definition) is 2. The van der Waals surface area contributed by atoms with E-state index in [9.17, 15) is 4.79 Å². The average Bonchev–Trinajstić information content (AvgIpc) is 2.82. The van der Waals surface area contributed by atoms with Crippen LogP contribution in [0.1, 0.15) is 5.56 Å². The molecule has 1 N–H and O–H groups in total. The van der Waals surface area contributed by atoms with Gasteiger partial charge in [0.2, 0.25) is 0 Å². The summed E-state index contributed by atoms with van der Waals surface area (Å²) in [6, 6.07) is 9.79. The number of nitrogens with zero attached hydrogens (tertiary/aromatic N) is 1. The molecule has 0 fully saturated rings. The van der Waals surface area contributed by atoms with E-state index in [2.05, 4.69) is 20.9 Å². The normalized spacial score (nSPS) is 11.2.